The van der Waals surface area contributed by atoms with Crippen LogP contribution >= 0.6 is 0 Å². The largest absolute Gasteiger partial charge is 0.461 e. The van der Waals surface area contributed by atoms with Crippen LogP contribution in [0.25, 0.3) is 21.8 Å². The Morgan fingerprint density at radius 1 is 1.15 bits per heavy atom. The number of nitrogens with zero attached hydrogens (tertiary/aromatic N) is 5. The molecule has 0 spiro atoms. The zero-order valence-electron chi connectivity index (χ0n) is 21.6. The standard InChI is InChI=1S/C28H29N7O4/c1-3-24(37)34-11-13-35(14-12-34)27-19-5-4-6-22(39-26-17(2)7-9-21-20(26)15-29-33-21)25(19)31-28(32-27)38-16-18-8-10-23(36)30-18/h3-7,9,15,18H,1,8,10-14,16H2,2H3,(H,29,33)(H,30,36)/t18-/m1/s1. The van der Waals surface area contributed by atoms with Gasteiger partial charge in [0.2, 0.25) is 11.8 Å². The fourth-order valence-electron chi connectivity index (χ4n) is 5.07. The van der Waals surface area contributed by atoms with Crippen molar-refractivity contribution in [3.05, 3.63) is 54.7 Å². The highest BCUT2D eigenvalue weighted by molar-refractivity contribution is 5.95. The van der Waals surface area contributed by atoms with Crippen molar-refractivity contribution in [2.45, 2.75) is 25.8 Å². The fourth-order valence-corrected chi connectivity index (χ4v) is 5.07. The summed E-state index contributed by atoms with van der Waals surface area (Å²) in [6.07, 6.45) is 4.29. The molecule has 2 aromatic carbocycles. The minimum Gasteiger partial charge on any atom is -0.461 e. The lowest BCUT2D eigenvalue weighted by atomic mass is 10.1. The van der Waals surface area contributed by atoms with Gasteiger partial charge in [-0.15, -0.1) is 0 Å². The van der Waals surface area contributed by atoms with E-state index in [0.29, 0.717) is 61.9 Å². The van der Waals surface area contributed by atoms with Gasteiger partial charge in [0.05, 0.1) is 23.1 Å². The lowest BCUT2D eigenvalue weighted by Crippen LogP contribution is -2.48. The Morgan fingerprint density at radius 2 is 2.00 bits per heavy atom. The van der Waals surface area contributed by atoms with Crippen molar-refractivity contribution in [2.24, 2.45) is 0 Å². The number of benzene rings is 2. The molecule has 4 aromatic rings. The Kier molecular flexibility index (Phi) is 6.47. The minimum absolute atomic E-state index is 0.0233. The van der Waals surface area contributed by atoms with Gasteiger partial charge in [-0.2, -0.15) is 15.1 Å². The normalized spacial score (nSPS) is 17.5. The number of amides is 2. The number of ether oxygens (including phenoxy) is 2. The SMILES string of the molecule is C=CC(=O)N1CCN(c2nc(OC[C@H]3CCC(=O)N3)nc3c(Oc4c(C)ccc5[nH]ncc45)cccc23)CC1. The summed E-state index contributed by atoms with van der Waals surface area (Å²) in [7, 11) is 0. The topological polar surface area (TPSA) is 126 Å². The molecule has 4 heterocycles. The molecule has 1 atom stereocenters. The van der Waals surface area contributed by atoms with Gasteiger partial charge in [0.1, 0.15) is 23.7 Å². The van der Waals surface area contributed by atoms with Crippen LogP contribution in [0.1, 0.15) is 18.4 Å². The van der Waals surface area contributed by atoms with Crippen molar-refractivity contribution in [1.29, 1.82) is 0 Å². The van der Waals surface area contributed by atoms with Gasteiger partial charge in [0, 0.05) is 38.0 Å². The first-order chi connectivity index (χ1) is 19.0. The second-order valence-corrected chi connectivity index (χ2v) is 9.76. The summed E-state index contributed by atoms with van der Waals surface area (Å²) in [5, 5.41) is 11.8. The van der Waals surface area contributed by atoms with Crippen LogP contribution in [0.2, 0.25) is 0 Å². The number of hydrogen-bond acceptors (Lipinski definition) is 8. The van der Waals surface area contributed by atoms with E-state index in [2.05, 4.69) is 27.0 Å². The first kappa shape index (κ1) is 24.7. The first-order valence-electron chi connectivity index (χ1n) is 13.0. The zero-order valence-corrected chi connectivity index (χ0v) is 21.6. The number of carbonyl (C=O) groups excluding carboxylic acids is 2. The molecular weight excluding hydrogens is 498 g/mol. The van der Waals surface area contributed by atoms with Crippen molar-refractivity contribution in [2.75, 3.05) is 37.7 Å². The number of aromatic amines is 1. The van der Waals surface area contributed by atoms with E-state index < -0.39 is 0 Å². The number of para-hydroxylation sites is 1. The Labute approximate surface area is 224 Å². The van der Waals surface area contributed by atoms with Gasteiger partial charge >= 0.3 is 6.01 Å². The molecule has 200 valence electrons. The van der Waals surface area contributed by atoms with Crippen LogP contribution in [-0.2, 0) is 9.59 Å². The molecule has 2 aliphatic rings. The van der Waals surface area contributed by atoms with Gasteiger partial charge in [-0.05, 0) is 43.2 Å². The van der Waals surface area contributed by atoms with Gasteiger partial charge in [-0.25, -0.2) is 0 Å². The van der Waals surface area contributed by atoms with Gasteiger partial charge < -0.3 is 24.6 Å². The van der Waals surface area contributed by atoms with E-state index in [-0.39, 0.29) is 30.5 Å². The molecule has 2 fully saturated rings. The fraction of sp³-hybridized carbons (Fsp3) is 0.321. The maximum Gasteiger partial charge on any atom is 0.319 e. The van der Waals surface area contributed by atoms with E-state index in [1.54, 1.807) is 11.1 Å². The first-order valence-corrected chi connectivity index (χ1v) is 13.0. The molecule has 2 aromatic heterocycles. The molecule has 0 radical (unpaired) electrons. The third-order valence-electron chi connectivity index (χ3n) is 7.20. The van der Waals surface area contributed by atoms with Gasteiger partial charge in [0.25, 0.3) is 0 Å². The molecule has 11 nitrogen and oxygen atoms in total. The number of rotatable bonds is 7. The third kappa shape index (κ3) is 4.83. The van der Waals surface area contributed by atoms with Crippen molar-refractivity contribution >= 4 is 39.4 Å². The van der Waals surface area contributed by atoms with Crippen LogP contribution in [-0.4, -0.2) is 75.7 Å². The summed E-state index contributed by atoms with van der Waals surface area (Å²) in [6.45, 7) is 8.17. The second-order valence-electron chi connectivity index (χ2n) is 9.76. The van der Waals surface area contributed by atoms with Crippen molar-refractivity contribution in [3.8, 4) is 17.5 Å². The number of piperazine rings is 1. The van der Waals surface area contributed by atoms with Crippen molar-refractivity contribution in [3.63, 3.8) is 0 Å². The van der Waals surface area contributed by atoms with E-state index in [4.69, 9.17) is 19.4 Å². The molecular formula is C28H29N7O4. The average Bonchev–Trinajstić information content (AvgIpc) is 3.61. The van der Waals surface area contributed by atoms with E-state index >= 15 is 0 Å². The maximum absolute atomic E-state index is 12.1. The van der Waals surface area contributed by atoms with Crippen LogP contribution < -0.4 is 19.7 Å². The van der Waals surface area contributed by atoms with Crippen molar-refractivity contribution in [1.82, 2.24) is 30.4 Å². The summed E-state index contributed by atoms with van der Waals surface area (Å²) < 4.78 is 12.5. The summed E-state index contributed by atoms with van der Waals surface area (Å²) in [5.74, 6) is 1.91. The van der Waals surface area contributed by atoms with Crippen LogP contribution in [0.4, 0.5) is 5.82 Å². The molecule has 2 amide bonds. The molecule has 0 saturated carbocycles. The number of carbonyl (C=O) groups is 2. The highest BCUT2D eigenvalue weighted by atomic mass is 16.5. The Hall–Kier alpha value is -4.67. The van der Waals surface area contributed by atoms with Gasteiger partial charge in [0.15, 0.2) is 5.75 Å². The lowest BCUT2D eigenvalue weighted by molar-refractivity contribution is -0.126. The monoisotopic (exact) mass is 527 g/mol. The zero-order chi connectivity index (χ0) is 26.9. The number of anilines is 1. The highest BCUT2D eigenvalue weighted by Gasteiger charge is 2.26. The third-order valence-corrected chi connectivity index (χ3v) is 7.20. The van der Waals surface area contributed by atoms with E-state index in [1.807, 2.05) is 37.3 Å². The number of hydrogen-bond donors (Lipinski definition) is 2. The number of nitrogens with one attached hydrogen (secondary N) is 2. The summed E-state index contributed by atoms with van der Waals surface area (Å²) in [5.41, 5.74) is 2.45. The van der Waals surface area contributed by atoms with Crippen LogP contribution in [0.3, 0.4) is 0 Å². The summed E-state index contributed by atoms with van der Waals surface area (Å²) >= 11 is 0. The quantitative estimate of drug-likeness (QED) is 0.351. The predicted octanol–water partition coefficient (Wildman–Crippen LogP) is 3.10. The number of aromatic nitrogens is 4. The molecule has 0 bridgehead atoms. The number of H-pyrrole nitrogens is 1. The summed E-state index contributed by atoms with van der Waals surface area (Å²) in [6, 6.07) is 9.83. The molecule has 2 saturated heterocycles. The Balaban J connectivity index is 1.38. The van der Waals surface area contributed by atoms with Crippen LogP contribution in [0.5, 0.6) is 17.5 Å². The molecule has 11 heteroatoms. The molecule has 0 aliphatic carbocycles. The van der Waals surface area contributed by atoms with E-state index in [9.17, 15) is 9.59 Å². The van der Waals surface area contributed by atoms with E-state index in [0.717, 1.165) is 21.9 Å². The van der Waals surface area contributed by atoms with E-state index in [1.165, 1.54) is 6.08 Å². The summed E-state index contributed by atoms with van der Waals surface area (Å²) in [4.78, 5) is 37.2. The van der Waals surface area contributed by atoms with Crippen molar-refractivity contribution < 1.29 is 19.1 Å². The van der Waals surface area contributed by atoms with Gasteiger partial charge in [-0.1, -0.05) is 18.7 Å². The molecule has 2 N–H and O–H groups in total. The smallest absolute Gasteiger partial charge is 0.319 e. The Morgan fingerprint density at radius 3 is 2.77 bits per heavy atom. The Bertz CT molecular complexity index is 1580. The predicted molar refractivity (Wildman–Crippen MR) is 146 cm³/mol. The van der Waals surface area contributed by atoms with Crippen LogP contribution in [0, 0.1) is 6.92 Å². The second kappa shape index (κ2) is 10.2. The number of fused-ring (bicyclic) bond motifs is 2. The molecule has 6 rings (SSSR count). The number of aryl methyl sites for hydroxylation is 1. The van der Waals surface area contributed by atoms with Crippen LogP contribution in [0.15, 0.2) is 49.2 Å². The average molecular weight is 528 g/mol. The molecule has 39 heavy (non-hydrogen) atoms. The highest BCUT2D eigenvalue weighted by Crippen LogP contribution is 2.38. The maximum atomic E-state index is 12.1. The van der Waals surface area contributed by atoms with Gasteiger partial charge in [-0.3, -0.25) is 14.7 Å². The molecule has 2 aliphatic heterocycles. The lowest BCUT2D eigenvalue weighted by Gasteiger charge is -2.35. The minimum atomic E-state index is -0.0819. The molecule has 0 unspecified atom stereocenters.